The summed E-state index contributed by atoms with van der Waals surface area (Å²) in [4.78, 5) is 26.8. The zero-order valence-corrected chi connectivity index (χ0v) is 12.5. The van der Waals surface area contributed by atoms with Crippen LogP contribution < -0.4 is 4.90 Å². The van der Waals surface area contributed by atoms with Crippen molar-refractivity contribution in [2.45, 2.75) is 13.0 Å². The van der Waals surface area contributed by atoms with Crippen molar-refractivity contribution in [3.05, 3.63) is 24.3 Å². The number of phenolic OH excluding ortho intramolecular Hbond substituents is 1. The highest BCUT2D eigenvalue weighted by molar-refractivity contribution is 7.99. The van der Waals surface area contributed by atoms with Crippen LogP contribution >= 0.6 is 11.8 Å². The molecule has 1 heterocycles. The van der Waals surface area contributed by atoms with Gasteiger partial charge in [0.1, 0.15) is 11.8 Å². The first kappa shape index (κ1) is 15.5. The number of rotatable bonds is 3. The Hall–Kier alpha value is -1.89. The van der Waals surface area contributed by atoms with Gasteiger partial charge in [0.2, 0.25) is 0 Å². The summed E-state index contributed by atoms with van der Waals surface area (Å²) in [5.41, 5.74) is 0.560. The van der Waals surface area contributed by atoms with Crippen LogP contribution in [0.15, 0.2) is 24.3 Å². The van der Waals surface area contributed by atoms with E-state index in [0.29, 0.717) is 24.5 Å². The summed E-state index contributed by atoms with van der Waals surface area (Å²) >= 11 is 1.54. The van der Waals surface area contributed by atoms with Crippen LogP contribution in [-0.2, 0) is 4.79 Å². The van der Waals surface area contributed by atoms with Gasteiger partial charge in [0.25, 0.3) is 0 Å². The third-order valence-corrected chi connectivity index (χ3v) is 4.37. The first-order valence-electron chi connectivity index (χ1n) is 6.72. The van der Waals surface area contributed by atoms with Crippen LogP contribution in [0.3, 0.4) is 0 Å². The Morgan fingerprint density at radius 3 is 2.86 bits per heavy atom. The molecule has 7 heteroatoms. The summed E-state index contributed by atoms with van der Waals surface area (Å²) in [5, 5.41) is 18.8. The Bertz CT molecular complexity index is 537. The Morgan fingerprint density at radius 2 is 2.24 bits per heavy atom. The monoisotopic (exact) mass is 310 g/mol. The van der Waals surface area contributed by atoms with Crippen LogP contribution in [-0.4, -0.2) is 57.8 Å². The van der Waals surface area contributed by atoms with Crippen molar-refractivity contribution in [3.63, 3.8) is 0 Å². The van der Waals surface area contributed by atoms with Gasteiger partial charge in [-0.3, -0.25) is 4.90 Å². The highest BCUT2D eigenvalue weighted by Gasteiger charge is 2.34. The van der Waals surface area contributed by atoms with Gasteiger partial charge in [0.15, 0.2) is 0 Å². The number of aliphatic carboxylic acids is 1. The maximum atomic E-state index is 12.7. The summed E-state index contributed by atoms with van der Waals surface area (Å²) in [6.07, 6.45) is 0. The number of amides is 2. The van der Waals surface area contributed by atoms with E-state index < -0.39 is 12.0 Å². The van der Waals surface area contributed by atoms with E-state index in [0.717, 1.165) is 5.75 Å². The van der Waals surface area contributed by atoms with Crippen molar-refractivity contribution in [1.82, 2.24) is 4.90 Å². The summed E-state index contributed by atoms with van der Waals surface area (Å²) < 4.78 is 0. The van der Waals surface area contributed by atoms with Gasteiger partial charge in [-0.05, 0) is 19.1 Å². The van der Waals surface area contributed by atoms with E-state index in [1.165, 1.54) is 33.7 Å². The molecule has 2 amide bonds. The fourth-order valence-corrected chi connectivity index (χ4v) is 3.32. The summed E-state index contributed by atoms with van der Waals surface area (Å²) in [7, 11) is 0. The molecular weight excluding hydrogens is 292 g/mol. The second-order valence-corrected chi connectivity index (χ2v) is 5.82. The average molecular weight is 310 g/mol. The number of anilines is 1. The first-order valence-corrected chi connectivity index (χ1v) is 7.87. The Kier molecular flexibility index (Phi) is 4.95. The van der Waals surface area contributed by atoms with Crippen molar-refractivity contribution in [2.75, 3.05) is 29.5 Å². The molecule has 1 aromatic carbocycles. The third-order valence-electron chi connectivity index (χ3n) is 3.35. The van der Waals surface area contributed by atoms with E-state index in [1.807, 2.05) is 6.92 Å². The number of urea groups is 1. The van der Waals surface area contributed by atoms with Crippen molar-refractivity contribution in [2.24, 2.45) is 0 Å². The number of carbonyl (C=O) groups excluding carboxylic acids is 1. The number of carboxylic acids is 1. The third kappa shape index (κ3) is 3.41. The largest absolute Gasteiger partial charge is 0.508 e. The molecule has 21 heavy (non-hydrogen) atoms. The zero-order chi connectivity index (χ0) is 15.4. The lowest BCUT2D eigenvalue weighted by atomic mass is 10.2. The van der Waals surface area contributed by atoms with Crippen molar-refractivity contribution in [3.8, 4) is 5.75 Å². The van der Waals surface area contributed by atoms with E-state index in [-0.39, 0.29) is 11.8 Å². The number of nitrogens with zero attached hydrogens (tertiary/aromatic N) is 2. The van der Waals surface area contributed by atoms with E-state index in [1.54, 1.807) is 12.1 Å². The Balaban J connectivity index is 2.24. The molecule has 1 aromatic rings. The second kappa shape index (κ2) is 6.71. The number of hydrogen-bond donors (Lipinski definition) is 2. The topological polar surface area (TPSA) is 81.1 Å². The molecule has 0 saturated carbocycles. The minimum atomic E-state index is -0.984. The van der Waals surface area contributed by atoms with Gasteiger partial charge in [-0.1, -0.05) is 6.07 Å². The van der Waals surface area contributed by atoms with Crippen LogP contribution in [0, 0.1) is 0 Å². The number of carboxylic acid groups (broad SMARTS) is 1. The van der Waals surface area contributed by atoms with E-state index in [2.05, 4.69) is 0 Å². The maximum Gasteiger partial charge on any atom is 0.327 e. The van der Waals surface area contributed by atoms with Gasteiger partial charge in [-0.15, -0.1) is 0 Å². The lowest BCUT2D eigenvalue weighted by Crippen LogP contribution is -2.55. The minimum Gasteiger partial charge on any atom is -0.508 e. The number of carbonyl (C=O) groups is 2. The van der Waals surface area contributed by atoms with Crippen LogP contribution in [0.5, 0.6) is 5.75 Å². The molecule has 0 aliphatic carbocycles. The van der Waals surface area contributed by atoms with Crippen LogP contribution in [0.1, 0.15) is 6.92 Å². The molecule has 1 unspecified atom stereocenters. The number of benzene rings is 1. The quantitative estimate of drug-likeness (QED) is 0.890. The predicted molar refractivity (Wildman–Crippen MR) is 82.0 cm³/mol. The van der Waals surface area contributed by atoms with Crippen LogP contribution in [0.4, 0.5) is 10.5 Å². The lowest BCUT2D eigenvalue weighted by molar-refractivity contribution is -0.141. The molecule has 0 bridgehead atoms. The zero-order valence-electron chi connectivity index (χ0n) is 11.7. The first-order chi connectivity index (χ1) is 10.0. The lowest BCUT2D eigenvalue weighted by Gasteiger charge is -2.36. The normalized spacial score (nSPS) is 18.3. The molecule has 1 saturated heterocycles. The smallest absolute Gasteiger partial charge is 0.327 e. The molecule has 2 N–H and O–H groups in total. The van der Waals surface area contributed by atoms with Crippen molar-refractivity contribution >= 4 is 29.4 Å². The van der Waals surface area contributed by atoms with Crippen LogP contribution in [0.2, 0.25) is 0 Å². The van der Waals surface area contributed by atoms with Crippen molar-refractivity contribution < 1.29 is 19.8 Å². The van der Waals surface area contributed by atoms with E-state index >= 15 is 0 Å². The number of thioether (sulfide) groups is 1. The molecule has 1 aliphatic rings. The van der Waals surface area contributed by atoms with Gasteiger partial charge in [0.05, 0.1) is 0 Å². The number of hydrogen-bond acceptors (Lipinski definition) is 4. The fraction of sp³-hybridized carbons (Fsp3) is 0.429. The van der Waals surface area contributed by atoms with E-state index in [9.17, 15) is 19.8 Å². The summed E-state index contributed by atoms with van der Waals surface area (Å²) in [6.45, 7) is 2.63. The number of phenols is 1. The Morgan fingerprint density at radius 1 is 1.48 bits per heavy atom. The summed E-state index contributed by atoms with van der Waals surface area (Å²) in [6, 6.07) is 5.25. The van der Waals surface area contributed by atoms with Gasteiger partial charge in [-0.2, -0.15) is 11.8 Å². The molecule has 0 spiro atoms. The molecule has 0 radical (unpaired) electrons. The molecule has 114 valence electrons. The molecule has 1 atom stereocenters. The highest BCUT2D eigenvalue weighted by Crippen LogP contribution is 2.24. The van der Waals surface area contributed by atoms with Crippen LogP contribution in [0.25, 0.3) is 0 Å². The molecule has 6 nitrogen and oxygen atoms in total. The fourth-order valence-electron chi connectivity index (χ4n) is 2.28. The van der Waals surface area contributed by atoms with E-state index in [4.69, 9.17) is 0 Å². The Labute approximate surface area is 127 Å². The van der Waals surface area contributed by atoms with Gasteiger partial charge in [-0.25, -0.2) is 9.59 Å². The minimum absolute atomic E-state index is 0.0720. The van der Waals surface area contributed by atoms with Gasteiger partial charge in [0, 0.05) is 36.3 Å². The highest BCUT2D eigenvalue weighted by atomic mass is 32.2. The predicted octanol–water partition coefficient (Wildman–Crippen LogP) is 1.84. The molecular formula is C14H18N2O4S. The molecule has 1 fully saturated rings. The van der Waals surface area contributed by atoms with Gasteiger partial charge < -0.3 is 15.1 Å². The maximum absolute atomic E-state index is 12.7. The second-order valence-electron chi connectivity index (χ2n) is 4.67. The molecule has 1 aliphatic heterocycles. The molecule has 0 aromatic heterocycles. The SMILES string of the molecule is CCN(C(=O)N1CCSCC1C(=O)O)c1cccc(O)c1. The molecule has 2 rings (SSSR count). The summed E-state index contributed by atoms with van der Waals surface area (Å²) in [5.74, 6) is 0.219. The van der Waals surface area contributed by atoms with Gasteiger partial charge >= 0.3 is 12.0 Å². The van der Waals surface area contributed by atoms with Crippen molar-refractivity contribution in [1.29, 1.82) is 0 Å². The number of aromatic hydroxyl groups is 1. The average Bonchev–Trinajstić information content (AvgIpc) is 2.48. The standard InChI is InChI=1S/C14H18N2O4S/c1-2-15(10-4-3-5-11(17)8-10)14(20)16-6-7-21-9-12(16)13(18)19/h3-5,8,12,17H,2,6-7,9H2,1H3,(H,18,19).